The molecule has 43 heavy (non-hydrogen) atoms. The van der Waals surface area contributed by atoms with E-state index in [1.165, 1.54) is 53.5 Å². The maximum Gasteiger partial charge on any atom is 0.136 e. The van der Waals surface area contributed by atoms with Gasteiger partial charge in [0.2, 0.25) is 0 Å². The van der Waals surface area contributed by atoms with Gasteiger partial charge in [-0.05, 0) is 63.3 Å². The molecule has 2 unspecified atom stereocenters. The van der Waals surface area contributed by atoms with Crippen LogP contribution in [0.5, 0.6) is 0 Å². The fraction of sp³-hybridized carbons (Fsp3) is 0.514. The van der Waals surface area contributed by atoms with Crippen LogP contribution < -0.4 is 15.1 Å². The quantitative estimate of drug-likeness (QED) is 0.423. The number of anilines is 2. The topological polar surface area (TPSA) is 84.5 Å². The summed E-state index contributed by atoms with van der Waals surface area (Å²) in [4.78, 5) is 19.7. The van der Waals surface area contributed by atoms with E-state index in [1.807, 2.05) is 0 Å². The van der Waals surface area contributed by atoms with Gasteiger partial charge in [-0.2, -0.15) is 5.26 Å². The normalized spacial score (nSPS) is 21.7. The largest absolute Gasteiger partial charge is 0.366 e. The number of hydrogen-bond acceptors (Lipinski definition) is 8. The molecule has 2 aromatic carbocycles. The molecule has 7 rings (SSSR count). The van der Waals surface area contributed by atoms with Crippen molar-refractivity contribution in [3.05, 3.63) is 71.3 Å². The van der Waals surface area contributed by atoms with Crippen LogP contribution >= 0.6 is 0 Å². The average Bonchev–Trinajstić information content (AvgIpc) is 3.78. The second-order valence-corrected chi connectivity index (χ2v) is 12.5. The van der Waals surface area contributed by atoms with Gasteiger partial charge in [-0.3, -0.25) is 0 Å². The first-order chi connectivity index (χ1) is 21.0. The molecule has 8 nitrogen and oxygen atoms in total. The van der Waals surface area contributed by atoms with Crippen LogP contribution in [0.3, 0.4) is 0 Å². The highest BCUT2D eigenvalue weighted by atomic mass is 15.3. The van der Waals surface area contributed by atoms with E-state index in [0.29, 0.717) is 12.5 Å². The predicted octanol–water partition coefficient (Wildman–Crippen LogP) is 4.67. The minimum Gasteiger partial charge on any atom is -0.366 e. The first-order valence-corrected chi connectivity index (χ1v) is 16.1. The van der Waals surface area contributed by atoms with Crippen molar-refractivity contribution in [2.24, 2.45) is 0 Å². The zero-order valence-electron chi connectivity index (χ0n) is 26.1. The van der Waals surface area contributed by atoms with Crippen LogP contribution in [0, 0.1) is 18.3 Å². The second kappa shape index (κ2) is 12.9. The number of rotatable bonds is 6. The van der Waals surface area contributed by atoms with E-state index in [1.54, 1.807) is 0 Å². The number of fused-ring (bicyclic) bond motifs is 2. The third-order valence-corrected chi connectivity index (χ3v) is 9.46. The molecule has 1 aromatic heterocycles. The maximum atomic E-state index is 9.56. The number of benzene rings is 2. The Balaban J connectivity index is 0.000000491. The third kappa shape index (κ3) is 6.34. The molecule has 3 aromatic rings. The fourth-order valence-corrected chi connectivity index (χ4v) is 6.93. The van der Waals surface area contributed by atoms with E-state index in [9.17, 15) is 5.26 Å². The van der Waals surface area contributed by atoms with Crippen LogP contribution in [-0.4, -0.2) is 84.7 Å². The molecule has 0 aliphatic carbocycles. The highest BCUT2D eigenvalue weighted by Crippen LogP contribution is 2.35. The summed E-state index contributed by atoms with van der Waals surface area (Å²) < 4.78 is 0. The Bertz CT molecular complexity index is 1490. The lowest BCUT2D eigenvalue weighted by atomic mass is 9.99. The number of hydrogen-bond donors (Lipinski definition) is 1. The van der Waals surface area contributed by atoms with E-state index in [2.05, 4.69) is 94.9 Å². The zero-order valence-corrected chi connectivity index (χ0v) is 26.1. The fourth-order valence-electron chi connectivity index (χ4n) is 6.93. The van der Waals surface area contributed by atoms with Gasteiger partial charge in [0.15, 0.2) is 0 Å². The van der Waals surface area contributed by atoms with Crippen molar-refractivity contribution in [2.45, 2.75) is 64.6 Å². The molecule has 1 N–H and O–H groups in total. The number of aromatic nitrogens is 2. The molecule has 2 atom stereocenters. The second-order valence-electron chi connectivity index (χ2n) is 12.5. The van der Waals surface area contributed by atoms with E-state index >= 15 is 0 Å². The molecule has 0 amide bonds. The van der Waals surface area contributed by atoms with Gasteiger partial charge in [-0.25, -0.2) is 9.97 Å². The maximum absolute atomic E-state index is 9.56. The van der Waals surface area contributed by atoms with Crippen LogP contribution in [0.4, 0.5) is 11.5 Å². The molecule has 4 aliphatic heterocycles. The lowest BCUT2D eigenvalue weighted by Gasteiger charge is -2.44. The summed E-state index contributed by atoms with van der Waals surface area (Å²) in [6, 6.07) is 16.1. The average molecular weight is 579 g/mol. The van der Waals surface area contributed by atoms with E-state index in [0.717, 1.165) is 75.1 Å². The summed E-state index contributed by atoms with van der Waals surface area (Å²) in [6.45, 7) is 16.6. The summed E-state index contributed by atoms with van der Waals surface area (Å²) >= 11 is 0. The van der Waals surface area contributed by atoms with Gasteiger partial charge in [0, 0.05) is 61.5 Å². The number of likely N-dealkylation sites (tertiary alicyclic amines) is 1. The van der Waals surface area contributed by atoms with Crippen molar-refractivity contribution in [1.29, 1.82) is 5.26 Å². The SMILES string of the molecule is C=C(C1CN1)N1CCN(c2nc(CC)nc3c2CCN(c2cccc4cccc(C)c24)C3)CC1CC#N.CN1CCCC1. The molecule has 5 heterocycles. The van der Waals surface area contributed by atoms with Gasteiger partial charge in [-0.15, -0.1) is 0 Å². The number of nitriles is 1. The molecule has 0 spiro atoms. The minimum absolute atomic E-state index is 0.128. The smallest absolute Gasteiger partial charge is 0.136 e. The molecule has 8 heteroatoms. The summed E-state index contributed by atoms with van der Waals surface area (Å²) in [6.07, 6.45) is 5.04. The van der Waals surface area contributed by atoms with E-state index in [4.69, 9.17) is 9.97 Å². The van der Waals surface area contributed by atoms with Crippen LogP contribution in [0.25, 0.3) is 10.8 Å². The number of piperazine rings is 1. The number of aryl methyl sites for hydroxylation is 2. The first-order valence-electron chi connectivity index (χ1n) is 16.1. The first kappa shape index (κ1) is 29.4. The Labute approximate surface area is 257 Å². The zero-order chi connectivity index (χ0) is 29.9. The van der Waals surface area contributed by atoms with Crippen molar-refractivity contribution < 1.29 is 0 Å². The minimum atomic E-state index is 0.128. The molecule has 3 fully saturated rings. The van der Waals surface area contributed by atoms with Crippen molar-refractivity contribution in [1.82, 2.24) is 25.1 Å². The lowest BCUT2D eigenvalue weighted by molar-refractivity contribution is 0.225. The molecule has 3 saturated heterocycles. The van der Waals surface area contributed by atoms with Crippen LogP contribution in [0.15, 0.2) is 48.7 Å². The summed E-state index contributed by atoms with van der Waals surface area (Å²) in [7, 11) is 2.17. The third-order valence-electron chi connectivity index (χ3n) is 9.46. The Morgan fingerprint density at radius 2 is 1.81 bits per heavy atom. The van der Waals surface area contributed by atoms with E-state index in [-0.39, 0.29) is 6.04 Å². The Morgan fingerprint density at radius 1 is 1.05 bits per heavy atom. The standard InChI is InChI=1S/C30H35N7.C5H11N/c1-4-28-33-26-19-35(27-10-6-9-22-8-5-7-20(2)29(22)27)14-12-24(26)30(34-28)36-15-16-37(21(3)25-17-32-25)23(18-36)11-13-31;1-6-4-2-3-5-6/h5-10,23,25,32H,3-4,11-12,14-19H2,1-2H3;2-5H2,1H3. The van der Waals surface area contributed by atoms with Crippen molar-refractivity contribution in [2.75, 3.05) is 62.7 Å². The molecular weight excluding hydrogens is 532 g/mol. The van der Waals surface area contributed by atoms with Crippen LogP contribution in [0.1, 0.15) is 48.8 Å². The molecule has 0 bridgehead atoms. The molecule has 4 aliphatic rings. The van der Waals surface area contributed by atoms with Gasteiger partial charge in [0.05, 0.1) is 36.8 Å². The Hall–Kier alpha value is -3.67. The van der Waals surface area contributed by atoms with Gasteiger partial charge in [0.1, 0.15) is 11.6 Å². The number of nitrogens with zero attached hydrogens (tertiary/aromatic N) is 7. The molecule has 226 valence electrons. The van der Waals surface area contributed by atoms with Crippen molar-refractivity contribution in [3.8, 4) is 6.07 Å². The monoisotopic (exact) mass is 578 g/mol. The van der Waals surface area contributed by atoms with Crippen LogP contribution in [-0.2, 0) is 19.4 Å². The highest BCUT2D eigenvalue weighted by molar-refractivity contribution is 5.97. The van der Waals surface area contributed by atoms with Crippen molar-refractivity contribution >= 4 is 22.3 Å². The summed E-state index contributed by atoms with van der Waals surface area (Å²) in [5.41, 5.74) is 6.14. The molecule has 0 radical (unpaired) electrons. The van der Waals surface area contributed by atoms with Gasteiger partial charge >= 0.3 is 0 Å². The highest BCUT2D eigenvalue weighted by Gasteiger charge is 2.36. The van der Waals surface area contributed by atoms with E-state index < -0.39 is 0 Å². The molecular formula is C35H46N8. The molecule has 0 saturated carbocycles. The lowest BCUT2D eigenvalue weighted by Crippen LogP contribution is -2.54. The summed E-state index contributed by atoms with van der Waals surface area (Å²) in [5, 5.41) is 15.5. The summed E-state index contributed by atoms with van der Waals surface area (Å²) in [5.74, 6) is 1.98. The van der Waals surface area contributed by atoms with Gasteiger partial charge in [0.25, 0.3) is 0 Å². The Morgan fingerprint density at radius 3 is 2.49 bits per heavy atom. The van der Waals surface area contributed by atoms with Gasteiger partial charge in [-0.1, -0.05) is 43.8 Å². The number of nitrogens with one attached hydrogen (secondary N) is 1. The van der Waals surface area contributed by atoms with Crippen molar-refractivity contribution in [3.63, 3.8) is 0 Å². The van der Waals surface area contributed by atoms with Gasteiger partial charge < -0.3 is 24.9 Å². The predicted molar refractivity (Wildman–Crippen MR) is 175 cm³/mol. The Kier molecular flexibility index (Phi) is 8.83. The van der Waals surface area contributed by atoms with Crippen LogP contribution in [0.2, 0.25) is 0 Å².